The zero-order valence-electron chi connectivity index (χ0n) is 13.7. The molecule has 124 valence electrons. The summed E-state index contributed by atoms with van der Waals surface area (Å²) in [5.41, 5.74) is 2.76. The molecule has 2 aromatic carbocycles. The lowest BCUT2D eigenvalue weighted by molar-refractivity contribution is 0.0914. The molecule has 4 rings (SSSR count). The highest BCUT2D eigenvalue weighted by molar-refractivity contribution is 5.96. The van der Waals surface area contributed by atoms with Crippen molar-refractivity contribution in [1.82, 2.24) is 14.9 Å². The van der Waals surface area contributed by atoms with Gasteiger partial charge in [-0.15, -0.1) is 0 Å². The molecule has 2 heterocycles. The second-order valence-electron chi connectivity index (χ2n) is 5.91. The number of aromatic nitrogens is 2. The van der Waals surface area contributed by atoms with Gasteiger partial charge in [0, 0.05) is 23.5 Å². The molecule has 0 aliphatic heterocycles. The number of carbonyl (C=O) groups excluding carboxylic acids is 1. The average molecular weight is 331 g/mol. The molecular formula is C20H17N3O2. The van der Waals surface area contributed by atoms with E-state index >= 15 is 0 Å². The number of rotatable bonds is 4. The van der Waals surface area contributed by atoms with Crippen LogP contribution in [0.2, 0.25) is 0 Å². The monoisotopic (exact) mass is 331 g/mol. The number of carbonyl (C=O) groups is 1. The molecule has 0 bridgehead atoms. The zero-order chi connectivity index (χ0) is 17.2. The molecule has 0 spiro atoms. The van der Waals surface area contributed by atoms with Crippen molar-refractivity contribution in [2.45, 2.75) is 13.0 Å². The van der Waals surface area contributed by atoms with Crippen molar-refractivity contribution in [3.8, 4) is 5.69 Å². The van der Waals surface area contributed by atoms with E-state index in [2.05, 4.69) is 10.3 Å². The van der Waals surface area contributed by atoms with Gasteiger partial charge in [0.15, 0.2) is 5.76 Å². The summed E-state index contributed by atoms with van der Waals surface area (Å²) in [6.45, 7) is 1.95. The molecule has 4 aromatic rings. The van der Waals surface area contributed by atoms with Gasteiger partial charge in [0.2, 0.25) is 0 Å². The Balaban J connectivity index is 1.49. The Hall–Kier alpha value is -3.34. The molecule has 25 heavy (non-hydrogen) atoms. The van der Waals surface area contributed by atoms with Crippen LogP contribution in [0.15, 0.2) is 77.7 Å². The number of amides is 1. The van der Waals surface area contributed by atoms with E-state index in [1.54, 1.807) is 18.6 Å². The first-order chi connectivity index (χ1) is 12.2. The maximum atomic E-state index is 12.4. The van der Waals surface area contributed by atoms with Crippen molar-refractivity contribution in [2.24, 2.45) is 0 Å². The van der Waals surface area contributed by atoms with Crippen molar-refractivity contribution in [1.29, 1.82) is 0 Å². The number of benzene rings is 2. The summed E-state index contributed by atoms with van der Waals surface area (Å²) in [6, 6.07) is 17.2. The zero-order valence-corrected chi connectivity index (χ0v) is 13.7. The Bertz CT molecular complexity index is 968. The summed E-state index contributed by atoms with van der Waals surface area (Å²) in [6.07, 6.45) is 5.38. The molecule has 0 aliphatic rings. The maximum Gasteiger partial charge on any atom is 0.287 e. The lowest BCUT2D eigenvalue weighted by Gasteiger charge is -2.14. The molecule has 1 atom stereocenters. The summed E-state index contributed by atoms with van der Waals surface area (Å²) in [5.74, 6) is 0.102. The van der Waals surface area contributed by atoms with E-state index in [0.717, 1.165) is 16.6 Å². The molecule has 0 saturated carbocycles. The van der Waals surface area contributed by atoms with Gasteiger partial charge in [0.1, 0.15) is 5.58 Å². The SMILES string of the molecule is CC(NC(=O)c1cc2ccccc2o1)c1ccc(-n2ccnc2)cc1. The molecular weight excluding hydrogens is 314 g/mol. The van der Waals surface area contributed by atoms with Crippen LogP contribution in [0.25, 0.3) is 16.7 Å². The highest BCUT2D eigenvalue weighted by Gasteiger charge is 2.15. The van der Waals surface area contributed by atoms with Crippen molar-refractivity contribution in [3.63, 3.8) is 0 Å². The van der Waals surface area contributed by atoms with Crippen LogP contribution in [0.1, 0.15) is 29.1 Å². The van der Waals surface area contributed by atoms with Gasteiger partial charge in [0.25, 0.3) is 5.91 Å². The third kappa shape index (κ3) is 3.04. The number of nitrogens with one attached hydrogen (secondary N) is 1. The predicted octanol–water partition coefficient (Wildman–Crippen LogP) is 4.11. The summed E-state index contributed by atoms with van der Waals surface area (Å²) in [4.78, 5) is 16.5. The minimum Gasteiger partial charge on any atom is -0.451 e. The Morgan fingerprint density at radius 2 is 1.96 bits per heavy atom. The lowest BCUT2D eigenvalue weighted by atomic mass is 10.1. The van der Waals surface area contributed by atoms with Crippen molar-refractivity contribution >= 4 is 16.9 Å². The average Bonchev–Trinajstić information content (AvgIpc) is 3.31. The number of hydrogen-bond donors (Lipinski definition) is 1. The predicted molar refractivity (Wildman–Crippen MR) is 95.7 cm³/mol. The third-order valence-electron chi connectivity index (χ3n) is 4.19. The van der Waals surface area contributed by atoms with Crippen molar-refractivity contribution in [2.75, 3.05) is 0 Å². The van der Waals surface area contributed by atoms with E-state index < -0.39 is 0 Å². The van der Waals surface area contributed by atoms with E-state index in [1.807, 2.05) is 66.2 Å². The highest BCUT2D eigenvalue weighted by Crippen LogP contribution is 2.20. The van der Waals surface area contributed by atoms with Crippen LogP contribution >= 0.6 is 0 Å². The Morgan fingerprint density at radius 3 is 2.68 bits per heavy atom. The number of hydrogen-bond acceptors (Lipinski definition) is 3. The summed E-state index contributed by atoms with van der Waals surface area (Å²) in [5, 5.41) is 3.90. The van der Waals surface area contributed by atoms with Gasteiger partial charge >= 0.3 is 0 Å². The van der Waals surface area contributed by atoms with Crippen LogP contribution in [0.5, 0.6) is 0 Å². The number of nitrogens with zero attached hydrogens (tertiary/aromatic N) is 2. The van der Waals surface area contributed by atoms with Crippen LogP contribution in [0.3, 0.4) is 0 Å². The van der Waals surface area contributed by atoms with Gasteiger partial charge in [0.05, 0.1) is 12.4 Å². The minimum atomic E-state index is -0.220. The van der Waals surface area contributed by atoms with Gasteiger partial charge in [-0.1, -0.05) is 30.3 Å². The molecule has 1 amide bonds. The van der Waals surface area contributed by atoms with Gasteiger partial charge < -0.3 is 14.3 Å². The largest absolute Gasteiger partial charge is 0.451 e. The number of para-hydroxylation sites is 1. The molecule has 1 N–H and O–H groups in total. The lowest BCUT2D eigenvalue weighted by Crippen LogP contribution is -2.26. The van der Waals surface area contributed by atoms with Crippen LogP contribution in [-0.2, 0) is 0 Å². The highest BCUT2D eigenvalue weighted by atomic mass is 16.3. The Labute approximate surface area is 144 Å². The molecule has 1 unspecified atom stereocenters. The fourth-order valence-electron chi connectivity index (χ4n) is 2.79. The van der Waals surface area contributed by atoms with Gasteiger partial charge in [-0.3, -0.25) is 4.79 Å². The number of fused-ring (bicyclic) bond motifs is 1. The second-order valence-corrected chi connectivity index (χ2v) is 5.91. The van der Waals surface area contributed by atoms with Crippen LogP contribution in [-0.4, -0.2) is 15.5 Å². The molecule has 2 aromatic heterocycles. The second kappa shape index (κ2) is 6.28. The first-order valence-electron chi connectivity index (χ1n) is 8.08. The molecule has 0 fully saturated rings. The number of furan rings is 1. The minimum absolute atomic E-state index is 0.127. The summed E-state index contributed by atoms with van der Waals surface area (Å²) < 4.78 is 7.54. The standard InChI is InChI=1S/C20H17N3O2/c1-14(15-6-8-17(9-7-15)23-11-10-21-13-23)22-20(24)19-12-16-4-2-3-5-18(16)25-19/h2-14H,1H3,(H,22,24). The first kappa shape index (κ1) is 15.2. The topological polar surface area (TPSA) is 60.1 Å². The van der Waals surface area contributed by atoms with E-state index in [9.17, 15) is 4.79 Å². The van der Waals surface area contributed by atoms with Gasteiger partial charge in [-0.05, 0) is 36.8 Å². The molecule has 5 heteroatoms. The van der Waals surface area contributed by atoms with Gasteiger partial charge in [-0.25, -0.2) is 4.98 Å². The first-order valence-corrected chi connectivity index (χ1v) is 8.08. The van der Waals surface area contributed by atoms with Crippen molar-refractivity contribution in [3.05, 3.63) is 84.6 Å². The van der Waals surface area contributed by atoms with Crippen LogP contribution in [0, 0.1) is 0 Å². The summed E-state index contributed by atoms with van der Waals surface area (Å²) >= 11 is 0. The fourth-order valence-corrected chi connectivity index (χ4v) is 2.79. The Kier molecular flexibility index (Phi) is 3.82. The molecule has 0 radical (unpaired) electrons. The normalized spacial score (nSPS) is 12.2. The fraction of sp³-hybridized carbons (Fsp3) is 0.100. The smallest absolute Gasteiger partial charge is 0.287 e. The van der Waals surface area contributed by atoms with E-state index in [1.165, 1.54) is 0 Å². The van der Waals surface area contributed by atoms with Gasteiger partial charge in [-0.2, -0.15) is 0 Å². The number of imidazole rings is 1. The maximum absolute atomic E-state index is 12.4. The third-order valence-corrected chi connectivity index (χ3v) is 4.19. The van der Waals surface area contributed by atoms with Crippen molar-refractivity contribution < 1.29 is 9.21 Å². The Morgan fingerprint density at radius 1 is 1.16 bits per heavy atom. The molecule has 0 saturated heterocycles. The van der Waals surface area contributed by atoms with Crippen LogP contribution in [0.4, 0.5) is 0 Å². The van der Waals surface area contributed by atoms with Crippen LogP contribution < -0.4 is 5.32 Å². The molecule has 5 nitrogen and oxygen atoms in total. The quantitative estimate of drug-likeness (QED) is 0.612. The molecule has 0 aliphatic carbocycles. The van der Waals surface area contributed by atoms with E-state index in [-0.39, 0.29) is 11.9 Å². The van der Waals surface area contributed by atoms with E-state index in [4.69, 9.17) is 4.42 Å². The van der Waals surface area contributed by atoms with E-state index in [0.29, 0.717) is 11.3 Å². The summed E-state index contributed by atoms with van der Waals surface area (Å²) in [7, 11) is 0.